The van der Waals surface area contributed by atoms with Crippen LogP contribution in [0, 0.1) is 11.3 Å². The summed E-state index contributed by atoms with van der Waals surface area (Å²) in [7, 11) is 1.84. The van der Waals surface area contributed by atoms with Crippen LogP contribution < -0.4 is 0 Å². The molecule has 5 nitrogen and oxygen atoms in total. The Bertz CT molecular complexity index is 534. The minimum absolute atomic E-state index is 0.395. The van der Waals surface area contributed by atoms with Crippen molar-refractivity contribution in [3.8, 4) is 17.5 Å². The molecule has 6 heteroatoms. The van der Waals surface area contributed by atoms with E-state index < -0.39 is 0 Å². The number of halogens is 1. The first-order valence-electron chi connectivity index (χ1n) is 4.81. The van der Waals surface area contributed by atoms with Crippen molar-refractivity contribution in [1.29, 1.82) is 5.26 Å². The summed E-state index contributed by atoms with van der Waals surface area (Å²) in [5.74, 6) is 0. The van der Waals surface area contributed by atoms with Crippen LogP contribution in [0.4, 0.5) is 0 Å². The summed E-state index contributed by atoms with van der Waals surface area (Å²) in [6, 6.07) is 5.70. The Morgan fingerprint density at radius 3 is 3.00 bits per heavy atom. The van der Waals surface area contributed by atoms with Crippen LogP contribution in [-0.2, 0) is 13.6 Å². The molecule has 0 spiro atoms. The molecule has 0 saturated heterocycles. The van der Waals surface area contributed by atoms with E-state index in [0.29, 0.717) is 18.1 Å². The fourth-order valence-electron chi connectivity index (χ4n) is 1.46. The van der Waals surface area contributed by atoms with E-state index in [9.17, 15) is 0 Å². The Morgan fingerprint density at radius 1 is 1.56 bits per heavy atom. The lowest BCUT2D eigenvalue weighted by Gasteiger charge is -1.98. The Morgan fingerprint density at radius 2 is 2.38 bits per heavy atom. The van der Waals surface area contributed by atoms with Crippen LogP contribution in [0.2, 0.25) is 5.15 Å². The van der Waals surface area contributed by atoms with Gasteiger partial charge in [0.1, 0.15) is 10.8 Å². The molecule has 82 valence electrons. The first kappa shape index (κ1) is 10.7. The van der Waals surface area contributed by atoms with Gasteiger partial charge in [0, 0.05) is 19.3 Å². The summed E-state index contributed by atoms with van der Waals surface area (Å²) in [6.45, 7) is 0.507. The molecule has 16 heavy (non-hydrogen) atoms. The number of aryl methyl sites for hydroxylation is 2. The van der Waals surface area contributed by atoms with Gasteiger partial charge in [0.2, 0.25) is 0 Å². The summed E-state index contributed by atoms with van der Waals surface area (Å²) in [5.41, 5.74) is 1.67. The monoisotopic (exact) mass is 235 g/mol. The summed E-state index contributed by atoms with van der Waals surface area (Å²) in [4.78, 5) is 0. The molecule has 0 aliphatic carbocycles. The van der Waals surface area contributed by atoms with Gasteiger partial charge in [0.15, 0.2) is 0 Å². The van der Waals surface area contributed by atoms with Crippen molar-refractivity contribution >= 4 is 11.6 Å². The smallest absolute Gasteiger partial charge is 0.127 e. The zero-order valence-corrected chi connectivity index (χ0v) is 9.52. The van der Waals surface area contributed by atoms with Gasteiger partial charge in [-0.3, -0.25) is 9.36 Å². The second-order valence-corrected chi connectivity index (χ2v) is 3.71. The predicted octanol–water partition coefficient (Wildman–Crippen LogP) is 1.85. The average molecular weight is 236 g/mol. The maximum atomic E-state index is 8.51. The van der Waals surface area contributed by atoms with Crippen molar-refractivity contribution in [2.45, 2.75) is 13.0 Å². The van der Waals surface area contributed by atoms with Gasteiger partial charge < -0.3 is 0 Å². The standard InChI is InChI=1S/C10H10ClN5/c1-15-9(3-5-13-15)8-7-10(11)16(14-8)6-2-4-12/h3,5,7H,2,6H2,1H3. The van der Waals surface area contributed by atoms with E-state index in [1.165, 1.54) is 0 Å². The zero-order valence-electron chi connectivity index (χ0n) is 8.76. The lowest BCUT2D eigenvalue weighted by atomic mass is 10.3. The minimum Gasteiger partial charge on any atom is -0.266 e. The number of hydrogen-bond donors (Lipinski definition) is 0. The molecule has 2 aromatic rings. The van der Waals surface area contributed by atoms with Crippen molar-refractivity contribution in [1.82, 2.24) is 19.6 Å². The third kappa shape index (κ3) is 1.92. The number of aromatic nitrogens is 4. The lowest BCUT2D eigenvalue weighted by molar-refractivity contribution is 0.629. The summed E-state index contributed by atoms with van der Waals surface area (Å²) >= 11 is 6.01. The van der Waals surface area contributed by atoms with E-state index in [1.807, 2.05) is 13.1 Å². The average Bonchev–Trinajstić information content (AvgIpc) is 2.82. The summed E-state index contributed by atoms with van der Waals surface area (Å²) in [6.07, 6.45) is 2.10. The highest BCUT2D eigenvalue weighted by atomic mass is 35.5. The topological polar surface area (TPSA) is 59.4 Å². The predicted molar refractivity (Wildman–Crippen MR) is 59.7 cm³/mol. The first-order valence-corrected chi connectivity index (χ1v) is 5.19. The zero-order chi connectivity index (χ0) is 11.5. The van der Waals surface area contributed by atoms with E-state index in [4.69, 9.17) is 16.9 Å². The molecule has 0 fully saturated rings. The Kier molecular flexibility index (Phi) is 2.93. The number of nitriles is 1. The van der Waals surface area contributed by atoms with E-state index in [0.717, 1.165) is 11.4 Å². The Hall–Kier alpha value is -1.80. The van der Waals surface area contributed by atoms with Gasteiger partial charge in [0.25, 0.3) is 0 Å². The summed E-state index contributed by atoms with van der Waals surface area (Å²) < 4.78 is 3.35. The largest absolute Gasteiger partial charge is 0.266 e. The molecule has 0 saturated carbocycles. The molecular formula is C10H10ClN5. The third-order valence-electron chi connectivity index (χ3n) is 2.25. The lowest BCUT2D eigenvalue weighted by Crippen LogP contribution is -2.00. The second kappa shape index (κ2) is 4.37. The van der Waals surface area contributed by atoms with Crippen LogP contribution in [0.5, 0.6) is 0 Å². The molecule has 0 aliphatic heterocycles. The molecule has 0 atom stereocenters. The number of rotatable bonds is 3. The SMILES string of the molecule is Cn1nccc1-c1cc(Cl)n(CCC#N)n1. The molecule has 2 rings (SSSR count). The molecule has 0 bridgehead atoms. The Labute approximate surface area is 97.9 Å². The highest BCUT2D eigenvalue weighted by Gasteiger charge is 2.10. The highest BCUT2D eigenvalue weighted by molar-refractivity contribution is 6.29. The third-order valence-corrected chi connectivity index (χ3v) is 2.55. The fraction of sp³-hybridized carbons (Fsp3) is 0.300. The van der Waals surface area contributed by atoms with Crippen LogP contribution in [0.25, 0.3) is 11.4 Å². The van der Waals surface area contributed by atoms with E-state index in [-0.39, 0.29) is 0 Å². The van der Waals surface area contributed by atoms with Gasteiger partial charge in [-0.25, -0.2) is 0 Å². The van der Waals surface area contributed by atoms with Crippen LogP contribution in [0.1, 0.15) is 6.42 Å². The van der Waals surface area contributed by atoms with Gasteiger partial charge in [-0.15, -0.1) is 0 Å². The van der Waals surface area contributed by atoms with Crippen LogP contribution in [0.15, 0.2) is 18.3 Å². The van der Waals surface area contributed by atoms with Gasteiger partial charge in [0.05, 0.1) is 24.7 Å². The molecule has 2 aromatic heterocycles. The normalized spacial score (nSPS) is 10.3. The van der Waals surface area contributed by atoms with Crippen molar-refractivity contribution in [2.75, 3.05) is 0 Å². The molecule has 0 aliphatic rings. The van der Waals surface area contributed by atoms with Crippen LogP contribution in [-0.4, -0.2) is 19.6 Å². The molecule has 0 N–H and O–H groups in total. The molecule has 0 radical (unpaired) electrons. The van der Waals surface area contributed by atoms with Crippen molar-refractivity contribution in [3.05, 3.63) is 23.5 Å². The second-order valence-electron chi connectivity index (χ2n) is 3.32. The van der Waals surface area contributed by atoms with E-state index >= 15 is 0 Å². The van der Waals surface area contributed by atoms with Crippen LogP contribution >= 0.6 is 11.6 Å². The first-order chi connectivity index (χ1) is 7.72. The quantitative estimate of drug-likeness (QED) is 0.816. The van der Waals surface area contributed by atoms with E-state index in [2.05, 4.69) is 16.3 Å². The van der Waals surface area contributed by atoms with Gasteiger partial charge >= 0.3 is 0 Å². The Balaban J connectivity index is 2.31. The fourth-order valence-corrected chi connectivity index (χ4v) is 1.68. The highest BCUT2D eigenvalue weighted by Crippen LogP contribution is 2.21. The van der Waals surface area contributed by atoms with Crippen LogP contribution in [0.3, 0.4) is 0 Å². The van der Waals surface area contributed by atoms with E-state index in [1.54, 1.807) is 21.6 Å². The number of nitrogens with zero attached hydrogens (tertiary/aromatic N) is 5. The maximum absolute atomic E-state index is 8.51. The molecule has 0 amide bonds. The minimum atomic E-state index is 0.395. The molecular weight excluding hydrogens is 226 g/mol. The molecule has 0 unspecified atom stereocenters. The van der Waals surface area contributed by atoms with Gasteiger partial charge in [-0.05, 0) is 6.07 Å². The van der Waals surface area contributed by atoms with Gasteiger partial charge in [-0.1, -0.05) is 11.6 Å². The van der Waals surface area contributed by atoms with Gasteiger partial charge in [-0.2, -0.15) is 15.5 Å². The summed E-state index contributed by atoms with van der Waals surface area (Å²) in [5, 5.41) is 17.4. The molecule has 0 aromatic carbocycles. The maximum Gasteiger partial charge on any atom is 0.127 e. The number of hydrogen-bond acceptors (Lipinski definition) is 3. The van der Waals surface area contributed by atoms with Crippen molar-refractivity contribution < 1.29 is 0 Å². The van der Waals surface area contributed by atoms with Crippen molar-refractivity contribution in [2.24, 2.45) is 7.05 Å². The molecule has 2 heterocycles. The van der Waals surface area contributed by atoms with Crippen molar-refractivity contribution in [3.63, 3.8) is 0 Å².